The fraction of sp³-hybridized carbons (Fsp3) is 0.435. The van der Waals surface area contributed by atoms with Crippen molar-refractivity contribution in [3.8, 4) is 0 Å². The van der Waals surface area contributed by atoms with E-state index < -0.39 is 10.0 Å². The molecule has 156 valence electrons. The number of hydrogen-bond donors (Lipinski definition) is 1. The van der Waals surface area contributed by atoms with E-state index in [0.29, 0.717) is 24.2 Å². The van der Waals surface area contributed by atoms with Crippen molar-refractivity contribution in [2.45, 2.75) is 46.6 Å². The lowest BCUT2D eigenvalue weighted by molar-refractivity contribution is 0.0925. The van der Waals surface area contributed by atoms with Crippen LogP contribution in [0.1, 0.15) is 59.8 Å². The molecular weight excluding hydrogens is 384 g/mol. The van der Waals surface area contributed by atoms with E-state index in [1.165, 1.54) is 9.87 Å². The molecule has 1 amide bonds. The average Bonchev–Trinajstić information content (AvgIpc) is 2.66. The van der Waals surface area contributed by atoms with Gasteiger partial charge in [0.25, 0.3) is 5.91 Å². The minimum Gasteiger partial charge on any atom is -0.345 e. The molecule has 1 atom stereocenters. The van der Waals surface area contributed by atoms with Gasteiger partial charge in [0.15, 0.2) is 0 Å². The molecule has 1 unspecified atom stereocenters. The summed E-state index contributed by atoms with van der Waals surface area (Å²) in [6.07, 6.45) is 1.52. The molecule has 6 heteroatoms. The van der Waals surface area contributed by atoms with Gasteiger partial charge in [-0.3, -0.25) is 9.10 Å². The van der Waals surface area contributed by atoms with Crippen LogP contribution in [0, 0.1) is 19.8 Å². The average molecular weight is 415 g/mol. The highest BCUT2D eigenvalue weighted by atomic mass is 32.2. The maximum Gasteiger partial charge on any atom is 0.251 e. The van der Waals surface area contributed by atoms with Crippen LogP contribution in [0.5, 0.6) is 0 Å². The highest BCUT2D eigenvalue weighted by Gasteiger charge is 2.27. The first-order chi connectivity index (χ1) is 13.7. The Balaban J connectivity index is 1.86. The zero-order chi connectivity index (χ0) is 21.2. The monoisotopic (exact) mass is 414 g/mol. The molecule has 1 aliphatic heterocycles. The number of nitrogens with one attached hydrogen (secondary N) is 1. The van der Waals surface area contributed by atoms with E-state index >= 15 is 0 Å². The summed E-state index contributed by atoms with van der Waals surface area (Å²) in [6.45, 7) is 8.75. The van der Waals surface area contributed by atoms with Crippen LogP contribution in [0.4, 0.5) is 5.69 Å². The Morgan fingerprint density at radius 2 is 1.83 bits per heavy atom. The van der Waals surface area contributed by atoms with Crippen LogP contribution in [-0.4, -0.2) is 26.6 Å². The summed E-state index contributed by atoms with van der Waals surface area (Å²) in [5.74, 6) is 0.178. The molecule has 1 fully saturated rings. The van der Waals surface area contributed by atoms with Crippen molar-refractivity contribution in [1.29, 1.82) is 0 Å². The van der Waals surface area contributed by atoms with Crippen molar-refractivity contribution in [1.82, 2.24) is 5.32 Å². The second-order valence-corrected chi connectivity index (χ2v) is 10.2. The van der Waals surface area contributed by atoms with Crippen LogP contribution in [0.15, 0.2) is 42.5 Å². The summed E-state index contributed by atoms with van der Waals surface area (Å²) in [7, 11) is -3.31. The Morgan fingerprint density at radius 3 is 2.48 bits per heavy atom. The van der Waals surface area contributed by atoms with Gasteiger partial charge in [-0.2, -0.15) is 0 Å². The van der Waals surface area contributed by atoms with E-state index in [2.05, 4.69) is 51.2 Å². The van der Waals surface area contributed by atoms with Crippen molar-refractivity contribution in [2.75, 3.05) is 16.6 Å². The first kappa shape index (κ1) is 21.4. The van der Waals surface area contributed by atoms with E-state index in [9.17, 15) is 13.2 Å². The zero-order valence-corrected chi connectivity index (χ0v) is 18.4. The second-order valence-electron chi connectivity index (χ2n) is 8.20. The van der Waals surface area contributed by atoms with Gasteiger partial charge in [-0.15, -0.1) is 0 Å². The van der Waals surface area contributed by atoms with Gasteiger partial charge in [-0.05, 0) is 61.9 Å². The van der Waals surface area contributed by atoms with Crippen LogP contribution < -0.4 is 9.62 Å². The molecule has 0 radical (unpaired) electrons. The van der Waals surface area contributed by atoms with Gasteiger partial charge in [0.1, 0.15) is 0 Å². The molecule has 1 heterocycles. The standard InChI is InChI=1S/C23H30N2O3S/c1-16(2)22(21-11-10-17(3)14-18(21)4)24-23(26)19-8-7-9-20(15-19)25-12-5-6-13-29(25,27)28/h7-11,14-16,22H,5-6,12-13H2,1-4H3,(H,24,26). The number of sulfonamides is 1. The molecule has 2 aromatic rings. The molecule has 1 saturated heterocycles. The molecule has 0 saturated carbocycles. The SMILES string of the molecule is Cc1ccc(C(NC(=O)c2cccc(N3CCCCS3(=O)=O)c2)C(C)C)c(C)c1. The second kappa shape index (κ2) is 8.57. The summed E-state index contributed by atoms with van der Waals surface area (Å²) in [6, 6.07) is 13.0. The van der Waals surface area contributed by atoms with Crippen LogP contribution in [-0.2, 0) is 10.0 Å². The number of carbonyl (C=O) groups is 1. The summed E-state index contributed by atoms with van der Waals surface area (Å²) in [5.41, 5.74) is 4.48. The van der Waals surface area contributed by atoms with Gasteiger partial charge in [-0.25, -0.2) is 8.42 Å². The highest BCUT2D eigenvalue weighted by Crippen LogP contribution is 2.27. The molecule has 1 aliphatic rings. The summed E-state index contributed by atoms with van der Waals surface area (Å²) < 4.78 is 26.2. The van der Waals surface area contributed by atoms with Gasteiger partial charge in [0.2, 0.25) is 10.0 Å². The van der Waals surface area contributed by atoms with Crippen LogP contribution in [0.2, 0.25) is 0 Å². The van der Waals surface area contributed by atoms with Crippen molar-refractivity contribution >= 4 is 21.6 Å². The quantitative estimate of drug-likeness (QED) is 0.790. The van der Waals surface area contributed by atoms with Crippen LogP contribution in [0.25, 0.3) is 0 Å². The molecule has 3 rings (SSSR count). The van der Waals surface area contributed by atoms with Gasteiger partial charge in [-0.1, -0.05) is 43.7 Å². The topological polar surface area (TPSA) is 66.5 Å². The minimum atomic E-state index is -3.31. The molecule has 2 aromatic carbocycles. The van der Waals surface area contributed by atoms with Crippen molar-refractivity contribution in [3.05, 3.63) is 64.7 Å². The normalized spacial score (nSPS) is 17.2. The molecule has 1 N–H and O–H groups in total. The fourth-order valence-electron chi connectivity index (χ4n) is 3.88. The predicted octanol–water partition coefficient (Wildman–Crippen LogP) is 4.36. The summed E-state index contributed by atoms with van der Waals surface area (Å²) in [4.78, 5) is 13.0. The number of aryl methyl sites for hydroxylation is 2. The Hall–Kier alpha value is -2.34. The van der Waals surface area contributed by atoms with Crippen LogP contribution in [0.3, 0.4) is 0 Å². The molecule has 5 nitrogen and oxygen atoms in total. The van der Waals surface area contributed by atoms with Crippen molar-refractivity contribution in [3.63, 3.8) is 0 Å². The third-order valence-corrected chi connectivity index (χ3v) is 7.33. The van der Waals surface area contributed by atoms with E-state index in [1.807, 2.05) is 0 Å². The van der Waals surface area contributed by atoms with Gasteiger partial charge in [0.05, 0.1) is 17.5 Å². The predicted molar refractivity (Wildman–Crippen MR) is 118 cm³/mol. The Labute approximate surface area is 174 Å². The number of anilines is 1. The van der Waals surface area contributed by atoms with Gasteiger partial charge < -0.3 is 5.32 Å². The van der Waals surface area contributed by atoms with Crippen LogP contribution >= 0.6 is 0 Å². The first-order valence-electron chi connectivity index (χ1n) is 10.2. The van der Waals surface area contributed by atoms with Gasteiger partial charge in [0, 0.05) is 12.1 Å². The van der Waals surface area contributed by atoms with E-state index in [4.69, 9.17) is 0 Å². The van der Waals surface area contributed by atoms with E-state index in [-0.39, 0.29) is 23.6 Å². The lowest BCUT2D eigenvalue weighted by atomic mass is 9.91. The third-order valence-electron chi connectivity index (χ3n) is 5.46. The maximum atomic E-state index is 13.0. The Bertz CT molecular complexity index is 999. The molecule has 0 aromatic heterocycles. The van der Waals surface area contributed by atoms with Crippen molar-refractivity contribution < 1.29 is 13.2 Å². The van der Waals surface area contributed by atoms with Crippen molar-refractivity contribution in [2.24, 2.45) is 5.92 Å². The highest BCUT2D eigenvalue weighted by molar-refractivity contribution is 7.92. The number of rotatable bonds is 5. The molecule has 29 heavy (non-hydrogen) atoms. The lowest BCUT2D eigenvalue weighted by Crippen LogP contribution is -2.38. The smallest absolute Gasteiger partial charge is 0.251 e. The number of nitrogens with zero attached hydrogens (tertiary/aromatic N) is 1. The first-order valence-corrected chi connectivity index (χ1v) is 11.8. The molecule has 0 spiro atoms. The molecule has 0 aliphatic carbocycles. The van der Waals surface area contributed by atoms with Gasteiger partial charge >= 0.3 is 0 Å². The fourth-order valence-corrected chi connectivity index (χ4v) is 5.52. The Morgan fingerprint density at radius 1 is 1.07 bits per heavy atom. The van der Waals surface area contributed by atoms with E-state index in [0.717, 1.165) is 17.5 Å². The number of amides is 1. The third kappa shape index (κ3) is 4.81. The zero-order valence-electron chi connectivity index (χ0n) is 17.6. The Kier molecular flexibility index (Phi) is 6.32. The molecule has 0 bridgehead atoms. The number of carbonyl (C=O) groups excluding carboxylic acids is 1. The van der Waals surface area contributed by atoms with E-state index in [1.54, 1.807) is 24.3 Å². The minimum absolute atomic E-state index is 0.120. The molecular formula is C23H30N2O3S. The summed E-state index contributed by atoms with van der Waals surface area (Å²) >= 11 is 0. The number of benzene rings is 2. The maximum absolute atomic E-state index is 13.0. The largest absolute Gasteiger partial charge is 0.345 e. The number of hydrogen-bond acceptors (Lipinski definition) is 3. The summed E-state index contributed by atoms with van der Waals surface area (Å²) in [5, 5.41) is 3.15. The lowest BCUT2D eigenvalue weighted by Gasteiger charge is -2.29.